The lowest BCUT2D eigenvalue weighted by Gasteiger charge is -2.43. The lowest BCUT2D eigenvalue weighted by atomic mass is 9.89. The Morgan fingerprint density at radius 1 is 1.14 bits per heavy atom. The van der Waals surface area contributed by atoms with E-state index in [1.165, 1.54) is 12.1 Å². The second-order valence-electron chi connectivity index (χ2n) is 5.83. The van der Waals surface area contributed by atoms with Crippen LogP contribution in [0, 0.1) is 0 Å². The van der Waals surface area contributed by atoms with Crippen LogP contribution in [0.15, 0.2) is 24.3 Å². The third-order valence-corrected chi connectivity index (χ3v) is 4.45. The summed E-state index contributed by atoms with van der Waals surface area (Å²) >= 11 is 0. The molecule has 2 aliphatic rings. The molecule has 2 fully saturated rings. The molecule has 0 unspecified atom stereocenters. The number of carbonyl (C=O) groups excluding carboxylic acids is 1. The second kappa shape index (κ2) is 5.91. The van der Waals surface area contributed by atoms with Gasteiger partial charge in [-0.3, -0.25) is 4.79 Å². The number of hydrogen-bond donors (Lipinski definition) is 0. The first kappa shape index (κ1) is 15.3. The van der Waals surface area contributed by atoms with Gasteiger partial charge < -0.3 is 9.64 Å². The van der Waals surface area contributed by atoms with E-state index in [-0.39, 0.29) is 18.1 Å². The first-order valence-electron chi connectivity index (χ1n) is 7.56. The van der Waals surface area contributed by atoms with Gasteiger partial charge in [-0.25, -0.2) is 0 Å². The smallest absolute Gasteiger partial charge is 0.374 e. The molecule has 1 aromatic rings. The third-order valence-electron chi connectivity index (χ3n) is 4.45. The zero-order chi connectivity index (χ0) is 15.7. The van der Waals surface area contributed by atoms with Gasteiger partial charge in [0.2, 0.25) is 0 Å². The van der Waals surface area contributed by atoms with Crippen molar-refractivity contribution >= 4 is 5.91 Å². The molecule has 0 bridgehead atoms. The molecule has 3 rings (SSSR count). The minimum atomic E-state index is -4.38. The van der Waals surface area contributed by atoms with E-state index >= 15 is 0 Å². The predicted octanol–water partition coefficient (Wildman–Crippen LogP) is 3.49. The maximum Gasteiger partial charge on any atom is 0.416 e. The first-order chi connectivity index (χ1) is 10.5. The van der Waals surface area contributed by atoms with E-state index in [1.54, 1.807) is 4.90 Å². The lowest BCUT2D eigenvalue weighted by molar-refractivity contribution is -0.137. The van der Waals surface area contributed by atoms with Crippen molar-refractivity contribution in [1.82, 2.24) is 4.90 Å². The van der Waals surface area contributed by atoms with Gasteiger partial charge in [-0.1, -0.05) is 12.8 Å². The third kappa shape index (κ3) is 2.97. The average molecular weight is 313 g/mol. The number of alkyl halides is 3. The SMILES string of the molecule is O=C(c1ccc(C(F)(F)F)cc1)N1CCO[C@@H]2CCCC[C@@H]21. The summed E-state index contributed by atoms with van der Waals surface area (Å²) in [6.45, 7) is 0.995. The Balaban J connectivity index is 1.78. The summed E-state index contributed by atoms with van der Waals surface area (Å²) in [5, 5.41) is 0. The molecule has 6 heteroatoms. The Kier molecular flexibility index (Phi) is 4.12. The average Bonchev–Trinajstić information content (AvgIpc) is 2.53. The molecule has 0 N–H and O–H groups in total. The Hall–Kier alpha value is -1.56. The number of rotatable bonds is 1. The Morgan fingerprint density at radius 3 is 2.50 bits per heavy atom. The summed E-state index contributed by atoms with van der Waals surface area (Å²) in [6.07, 6.45) is -0.306. The topological polar surface area (TPSA) is 29.5 Å². The summed E-state index contributed by atoms with van der Waals surface area (Å²) in [6, 6.07) is 4.51. The zero-order valence-electron chi connectivity index (χ0n) is 12.1. The van der Waals surface area contributed by atoms with E-state index in [0.29, 0.717) is 18.7 Å². The predicted molar refractivity (Wildman–Crippen MR) is 74.5 cm³/mol. The minimum Gasteiger partial charge on any atom is -0.374 e. The van der Waals surface area contributed by atoms with Crippen LogP contribution in [0.3, 0.4) is 0 Å². The number of carbonyl (C=O) groups is 1. The number of amides is 1. The van der Waals surface area contributed by atoms with Crippen LogP contribution >= 0.6 is 0 Å². The maximum absolute atomic E-state index is 12.6. The van der Waals surface area contributed by atoms with Crippen LogP contribution in [-0.4, -0.2) is 36.1 Å². The molecule has 22 heavy (non-hydrogen) atoms. The fourth-order valence-electron chi connectivity index (χ4n) is 3.32. The van der Waals surface area contributed by atoms with E-state index in [1.807, 2.05) is 0 Å². The molecule has 1 saturated heterocycles. The Bertz CT molecular complexity index is 539. The van der Waals surface area contributed by atoms with Crippen LogP contribution in [0.2, 0.25) is 0 Å². The van der Waals surface area contributed by atoms with Gasteiger partial charge in [0, 0.05) is 12.1 Å². The molecule has 120 valence electrons. The summed E-state index contributed by atoms with van der Waals surface area (Å²) in [7, 11) is 0. The Labute approximate surface area is 127 Å². The summed E-state index contributed by atoms with van der Waals surface area (Å²) in [5.41, 5.74) is -0.430. The molecular weight excluding hydrogens is 295 g/mol. The number of halogens is 3. The van der Waals surface area contributed by atoms with Crippen molar-refractivity contribution in [3.8, 4) is 0 Å². The molecule has 3 nitrogen and oxygen atoms in total. The van der Waals surface area contributed by atoms with Crippen molar-refractivity contribution in [3.05, 3.63) is 35.4 Å². The summed E-state index contributed by atoms with van der Waals surface area (Å²) < 4.78 is 43.5. The molecule has 1 aliphatic heterocycles. The van der Waals surface area contributed by atoms with Crippen molar-refractivity contribution in [1.29, 1.82) is 0 Å². The van der Waals surface area contributed by atoms with Crippen LogP contribution in [0.1, 0.15) is 41.6 Å². The van der Waals surface area contributed by atoms with Crippen molar-refractivity contribution in [2.75, 3.05) is 13.2 Å². The van der Waals surface area contributed by atoms with E-state index in [4.69, 9.17) is 4.74 Å². The number of ether oxygens (including phenoxy) is 1. The van der Waals surface area contributed by atoms with Crippen molar-refractivity contribution in [2.45, 2.75) is 44.0 Å². The van der Waals surface area contributed by atoms with E-state index in [9.17, 15) is 18.0 Å². The fraction of sp³-hybridized carbons (Fsp3) is 0.562. The molecule has 2 atom stereocenters. The number of fused-ring (bicyclic) bond motifs is 1. The quantitative estimate of drug-likeness (QED) is 0.794. The molecule has 1 amide bonds. The monoisotopic (exact) mass is 313 g/mol. The van der Waals surface area contributed by atoms with Crippen molar-refractivity contribution < 1.29 is 22.7 Å². The molecule has 1 aliphatic carbocycles. The van der Waals surface area contributed by atoms with Gasteiger partial charge in [0.05, 0.1) is 24.3 Å². The number of nitrogens with zero attached hydrogens (tertiary/aromatic N) is 1. The van der Waals surface area contributed by atoms with Gasteiger partial charge in [-0.05, 0) is 37.1 Å². The van der Waals surface area contributed by atoms with Gasteiger partial charge in [0.1, 0.15) is 0 Å². The molecule has 0 spiro atoms. The van der Waals surface area contributed by atoms with Gasteiger partial charge in [-0.2, -0.15) is 13.2 Å². The highest BCUT2D eigenvalue weighted by atomic mass is 19.4. The molecule has 1 aromatic carbocycles. The normalized spacial score (nSPS) is 25.7. The van der Waals surface area contributed by atoms with Crippen LogP contribution < -0.4 is 0 Å². The van der Waals surface area contributed by atoms with Crippen molar-refractivity contribution in [3.63, 3.8) is 0 Å². The fourth-order valence-corrected chi connectivity index (χ4v) is 3.32. The number of morpholine rings is 1. The molecule has 1 saturated carbocycles. The second-order valence-corrected chi connectivity index (χ2v) is 5.83. The van der Waals surface area contributed by atoms with Crippen LogP contribution in [0.5, 0.6) is 0 Å². The molecule has 0 radical (unpaired) electrons. The lowest BCUT2D eigenvalue weighted by Crippen LogP contribution is -2.54. The standard InChI is InChI=1S/C16H18F3NO2/c17-16(18,19)12-7-5-11(6-8-12)15(21)20-9-10-22-14-4-2-1-3-13(14)20/h5-8,13-14H,1-4,9-10H2/t13-,14+/m0/s1. The highest BCUT2D eigenvalue weighted by Crippen LogP contribution is 2.31. The largest absolute Gasteiger partial charge is 0.416 e. The highest BCUT2D eigenvalue weighted by Gasteiger charge is 2.37. The molecule has 0 aromatic heterocycles. The number of hydrogen-bond acceptors (Lipinski definition) is 2. The zero-order valence-corrected chi connectivity index (χ0v) is 12.1. The summed E-state index contributed by atoms with van der Waals surface area (Å²) in [4.78, 5) is 14.4. The molecule has 1 heterocycles. The van der Waals surface area contributed by atoms with Crippen LogP contribution in [0.4, 0.5) is 13.2 Å². The minimum absolute atomic E-state index is 0.0530. The van der Waals surface area contributed by atoms with Gasteiger partial charge in [-0.15, -0.1) is 0 Å². The molecular formula is C16H18F3NO2. The Morgan fingerprint density at radius 2 is 1.82 bits per heavy atom. The van der Waals surface area contributed by atoms with Crippen molar-refractivity contribution in [2.24, 2.45) is 0 Å². The van der Waals surface area contributed by atoms with Crippen LogP contribution in [-0.2, 0) is 10.9 Å². The van der Waals surface area contributed by atoms with E-state index < -0.39 is 11.7 Å². The maximum atomic E-state index is 12.6. The summed E-state index contributed by atoms with van der Waals surface area (Å²) in [5.74, 6) is -0.200. The van der Waals surface area contributed by atoms with Gasteiger partial charge >= 0.3 is 6.18 Å². The van der Waals surface area contributed by atoms with Gasteiger partial charge in [0.25, 0.3) is 5.91 Å². The number of benzene rings is 1. The van der Waals surface area contributed by atoms with E-state index in [2.05, 4.69) is 0 Å². The van der Waals surface area contributed by atoms with Gasteiger partial charge in [0.15, 0.2) is 0 Å². The van der Waals surface area contributed by atoms with E-state index in [0.717, 1.165) is 37.8 Å². The highest BCUT2D eigenvalue weighted by molar-refractivity contribution is 5.94. The first-order valence-corrected chi connectivity index (χ1v) is 7.56. The van der Waals surface area contributed by atoms with Crippen LogP contribution in [0.25, 0.3) is 0 Å².